The number of nitro benzene ring substituents is 1. The predicted molar refractivity (Wildman–Crippen MR) is 97.6 cm³/mol. The number of carbonyl (C=O) groups excluding carboxylic acids is 1. The molecule has 1 aliphatic heterocycles. The zero-order chi connectivity index (χ0) is 17.8. The van der Waals surface area contributed by atoms with Crippen LogP contribution in [0.2, 0.25) is 0 Å². The highest BCUT2D eigenvalue weighted by molar-refractivity contribution is 5.79. The minimum Gasteiger partial charge on any atom is -0.366 e. The van der Waals surface area contributed by atoms with E-state index in [4.69, 9.17) is 0 Å². The van der Waals surface area contributed by atoms with Crippen molar-refractivity contribution in [1.29, 1.82) is 0 Å². The van der Waals surface area contributed by atoms with Crippen LogP contribution in [0.3, 0.4) is 0 Å². The van der Waals surface area contributed by atoms with Gasteiger partial charge in [-0.25, -0.2) is 0 Å². The van der Waals surface area contributed by atoms with E-state index in [1.807, 2.05) is 11.0 Å². The molecule has 1 aliphatic carbocycles. The van der Waals surface area contributed by atoms with Crippen molar-refractivity contribution in [1.82, 2.24) is 5.32 Å². The van der Waals surface area contributed by atoms with E-state index >= 15 is 0 Å². The number of hydrogen-bond donors (Lipinski definition) is 1. The standard InChI is InChI=1S/C19H27N3O3/c1-14-6-8-16(9-7-14)20-19(23)15-10-12-21(13-11-15)17-4-2-3-5-18(17)22(24)25/h2-5,14-16H,6-13H2,1H3,(H,20,23). The van der Waals surface area contributed by atoms with Crippen molar-refractivity contribution in [2.24, 2.45) is 11.8 Å². The molecule has 1 aromatic carbocycles. The summed E-state index contributed by atoms with van der Waals surface area (Å²) in [7, 11) is 0. The Labute approximate surface area is 148 Å². The van der Waals surface area contributed by atoms with E-state index in [2.05, 4.69) is 12.2 Å². The molecule has 1 saturated heterocycles. The Morgan fingerprint density at radius 2 is 1.76 bits per heavy atom. The Kier molecular flexibility index (Phi) is 5.56. The van der Waals surface area contributed by atoms with Crippen LogP contribution in [-0.4, -0.2) is 30.0 Å². The fraction of sp³-hybridized carbons (Fsp3) is 0.632. The van der Waals surface area contributed by atoms with E-state index in [1.54, 1.807) is 12.1 Å². The van der Waals surface area contributed by atoms with Crippen molar-refractivity contribution in [3.8, 4) is 0 Å². The smallest absolute Gasteiger partial charge is 0.292 e. The normalized spacial score (nSPS) is 24.8. The van der Waals surface area contributed by atoms with Crippen LogP contribution in [0.5, 0.6) is 0 Å². The molecule has 25 heavy (non-hydrogen) atoms. The monoisotopic (exact) mass is 345 g/mol. The molecule has 0 bridgehead atoms. The number of anilines is 1. The number of hydrogen-bond acceptors (Lipinski definition) is 4. The zero-order valence-electron chi connectivity index (χ0n) is 14.8. The Balaban J connectivity index is 1.53. The van der Waals surface area contributed by atoms with Gasteiger partial charge in [-0.1, -0.05) is 19.1 Å². The van der Waals surface area contributed by atoms with Crippen molar-refractivity contribution < 1.29 is 9.72 Å². The third-order valence-corrected chi connectivity index (χ3v) is 5.65. The number of rotatable bonds is 4. The third kappa shape index (κ3) is 4.30. The molecule has 6 heteroatoms. The van der Waals surface area contributed by atoms with Gasteiger partial charge in [0, 0.05) is 31.1 Å². The lowest BCUT2D eigenvalue weighted by Gasteiger charge is -2.34. The summed E-state index contributed by atoms with van der Waals surface area (Å²) in [6.45, 7) is 3.64. The SMILES string of the molecule is CC1CCC(NC(=O)C2CCN(c3ccccc3[N+](=O)[O-])CC2)CC1. The summed E-state index contributed by atoms with van der Waals surface area (Å²) in [4.78, 5) is 25.4. The highest BCUT2D eigenvalue weighted by Gasteiger charge is 2.29. The lowest BCUT2D eigenvalue weighted by molar-refractivity contribution is -0.384. The summed E-state index contributed by atoms with van der Waals surface area (Å²) in [6.07, 6.45) is 6.06. The van der Waals surface area contributed by atoms with E-state index in [0.717, 1.165) is 31.6 Å². The number of nitrogens with zero attached hydrogens (tertiary/aromatic N) is 2. The fourth-order valence-corrected chi connectivity index (χ4v) is 3.99. The molecule has 2 aliphatic rings. The number of carbonyl (C=O) groups is 1. The first-order valence-electron chi connectivity index (χ1n) is 9.33. The van der Waals surface area contributed by atoms with Crippen LogP contribution in [0.15, 0.2) is 24.3 Å². The maximum atomic E-state index is 12.5. The topological polar surface area (TPSA) is 75.5 Å². The minimum absolute atomic E-state index is 0.0263. The molecule has 0 atom stereocenters. The van der Waals surface area contributed by atoms with Gasteiger partial charge in [-0.15, -0.1) is 0 Å². The molecule has 1 N–H and O–H groups in total. The van der Waals surface area contributed by atoms with Gasteiger partial charge in [-0.3, -0.25) is 14.9 Å². The Bertz CT molecular complexity index is 618. The number of nitrogens with one attached hydrogen (secondary N) is 1. The van der Waals surface area contributed by atoms with Gasteiger partial charge in [0.25, 0.3) is 5.69 Å². The molecule has 0 unspecified atom stereocenters. The molecule has 0 radical (unpaired) electrons. The van der Waals surface area contributed by atoms with Gasteiger partial charge < -0.3 is 10.2 Å². The lowest BCUT2D eigenvalue weighted by Crippen LogP contribution is -2.45. The molecule has 1 heterocycles. The average Bonchev–Trinajstić information content (AvgIpc) is 2.63. The maximum Gasteiger partial charge on any atom is 0.292 e. The molecular weight excluding hydrogens is 318 g/mol. The first kappa shape index (κ1) is 17.7. The van der Waals surface area contributed by atoms with Crippen molar-refractivity contribution >= 4 is 17.3 Å². The van der Waals surface area contributed by atoms with E-state index < -0.39 is 0 Å². The second-order valence-electron chi connectivity index (χ2n) is 7.47. The van der Waals surface area contributed by atoms with Crippen LogP contribution in [0.1, 0.15) is 45.4 Å². The van der Waals surface area contributed by atoms with Crippen LogP contribution in [0, 0.1) is 22.0 Å². The fourth-order valence-electron chi connectivity index (χ4n) is 3.99. The molecule has 136 valence electrons. The van der Waals surface area contributed by atoms with Gasteiger partial charge in [0.15, 0.2) is 0 Å². The van der Waals surface area contributed by atoms with E-state index in [9.17, 15) is 14.9 Å². The Morgan fingerprint density at radius 3 is 2.40 bits per heavy atom. The van der Waals surface area contributed by atoms with Crippen LogP contribution < -0.4 is 10.2 Å². The summed E-state index contributed by atoms with van der Waals surface area (Å²) >= 11 is 0. The van der Waals surface area contributed by atoms with Crippen molar-refractivity contribution in [3.05, 3.63) is 34.4 Å². The maximum absolute atomic E-state index is 12.5. The van der Waals surface area contributed by atoms with E-state index in [1.165, 1.54) is 18.9 Å². The van der Waals surface area contributed by atoms with Crippen molar-refractivity contribution in [2.45, 2.75) is 51.5 Å². The van der Waals surface area contributed by atoms with Gasteiger partial charge in [0.2, 0.25) is 5.91 Å². The summed E-state index contributed by atoms with van der Waals surface area (Å²) in [5, 5.41) is 14.4. The van der Waals surface area contributed by atoms with Crippen LogP contribution in [-0.2, 0) is 4.79 Å². The second kappa shape index (κ2) is 7.85. The predicted octanol–water partition coefficient (Wildman–Crippen LogP) is 3.51. The number of piperidine rings is 1. The third-order valence-electron chi connectivity index (χ3n) is 5.65. The average molecular weight is 345 g/mol. The number of benzene rings is 1. The molecule has 6 nitrogen and oxygen atoms in total. The van der Waals surface area contributed by atoms with E-state index in [0.29, 0.717) is 24.8 Å². The molecule has 3 rings (SSSR count). The van der Waals surface area contributed by atoms with Crippen molar-refractivity contribution in [2.75, 3.05) is 18.0 Å². The zero-order valence-corrected chi connectivity index (χ0v) is 14.8. The minimum atomic E-state index is -0.335. The molecule has 1 amide bonds. The summed E-state index contributed by atoms with van der Waals surface area (Å²) in [5.41, 5.74) is 0.800. The van der Waals surface area contributed by atoms with Crippen LogP contribution in [0.25, 0.3) is 0 Å². The first-order chi connectivity index (χ1) is 12.0. The lowest BCUT2D eigenvalue weighted by atomic mass is 9.86. The second-order valence-corrected chi connectivity index (χ2v) is 7.47. The highest BCUT2D eigenvalue weighted by Crippen LogP contribution is 2.31. The quantitative estimate of drug-likeness (QED) is 0.669. The van der Waals surface area contributed by atoms with Gasteiger partial charge >= 0.3 is 0 Å². The van der Waals surface area contributed by atoms with Crippen LogP contribution in [0.4, 0.5) is 11.4 Å². The van der Waals surface area contributed by atoms with Crippen molar-refractivity contribution in [3.63, 3.8) is 0 Å². The Hall–Kier alpha value is -2.11. The highest BCUT2D eigenvalue weighted by atomic mass is 16.6. The summed E-state index contributed by atoms with van der Waals surface area (Å²) < 4.78 is 0. The molecule has 0 spiro atoms. The molecule has 0 aromatic heterocycles. The largest absolute Gasteiger partial charge is 0.366 e. The molecule has 1 aromatic rings. The summed E-state index contributed by atoms with van der Waals surface area (Å²) in [6, 6.07) is 7.18. The Morgan fingerprint density at radius 1 is 1.12 bits per heavy atom. The first-order valence-corrected chi connectivity index (χ1v) is 9.33. The number of para-hydroxylation sites is 2. The number of amides is 1. The molecular formula is C19H27N3O3. The number of nitro groups is 1. The van der Waals surface area contributed by atoms with Gasteiger partial charge in [-0.05, 0) is 50.5 Å². The summed E-state index contributed by atoms with van der Waals surface area (Å²) in [5.74, 6) is 0.971. The van der Waals surface area contributed by atoms with E-state index in [-0.39, 0.29) is 22.4 Å². The van der Waals surface area contributed by atoms with Crippen LogP contribution >= 0.6 is 0 Å². The van der Waals surface area contributed by atoms with Gasteiger partial charge in [-0.2, -0.15) is 0 Å². The molecule has 2 fully saturated rings. The van der Waals surface area contributed by atoms with Gasteiger partial charge in [0.1, 0.15) is 5.69 Å². The molecule has 1 saturated carbocycles. The van der Waals surface area contributed by atoms with Gasteiger partial charge in [0.05, 0.1) is 4.92 Å².